The number of nitrogens with one attached hydrogen (secondary N) is 1. The van der Waals surface area contributed by atoms with E-state index in [1.165, 1.54) is 0 Å². The number of rotatable bonds is 6. The first-order valence-corrected chi connectivity index (χ1v) is 10.4. The number of thiazole rings is 1. The number of nitrogens with zero attached hydrogens (tertiary/aromatic N) is 2. The van der Waals surface area contributed by atoms with Gasteiger partial charge in [-0.15, -0.1) is 0 Å². The van der Waals surface area contributed by atoms with Crippen molar-refractivity contribution in [3.63, 3.8) is 0 Å². The quantitative estimate of drug-likeness (QED) is 0.361. The van der Waals surface area contributed by atoms with Crippen LogP contribution in [-0.2, 0) is 6.18 Å². The Balaban J connectivity index is 1.35. The van der Waals surface area contributed by atoms with Gasteiger partial charge in [-0.3, -0.25) is 4.98 Å². The summed E-state index contributed by atoms with van der Waals surface area (Å²) in [6.07, 6.45) is 1.98. The third kappa shape index (κ3) is 4.62. The van der Waals surface area contributed by atoms with Gasteiger partial charge >= 0.3 is 6.18 Å². The lowest BCUT2D eigenvalue weighted by atomic mass is 9.97. The smallest absolute Gasteiger partial charge is 0.361 e. The lowest BCUT2D eigenvalue weighted by Gasteiger charge is -2.13. The molecule has 0 saturated heterocycles. The van der Waals surface area contributed by atoms with Crippen molar-refractivity contribution < 1.29 is 13.2 Å². The first-order chi connectivity index (χ1) is 14.4. The van der Waals surface area contributed by atoms with Gasteiger partial charge in [0, 0.05) is 30.5 Å². The van der Waals surface area contributed by atoms with E-state index >= 15 is 0 Å². The van der Waals surface area contributed by atoms with Crippen LogP contribution in [0.15, 0.2) is 67.1 Å². The van der Waals surface area contributed by atoms with Crippen LogP contribution in [0, 0.1) is 0 Å². The molecule has 2 heterocycles. The van der Waals surface area contributed by atoms with E-state index in [2.05, 4.69) is 33.5 Å². The van der Waals surface area contributed by atoms with Crippen LogP contribution in [0.4, 0.5) is 18.3 Å². The topological polar surface area (TPSA) is 37.8 Å². The van der Waals surface area contributed by atoms with Crippen LogP contribution >= 0.6 is 11.3 Å². The molecule has 1 atom stereocenters. The fraction of sp³-hybridized carbons (Fsp3) is 0.217. The maximum Gasteiger partial charge on any atom is 0.416 e. The van der Waals surface area contributed by atoms with Gasteiger partial charge in [0.2, 0.25) is 0 Å². The molecule has 0 aliphatic rings. The zero-order valence-corrected chi connectivity index (χ0v) is 17.1. The molecule has 2 aromatic heterocycles. The number of anilines is 1. The van der Waals surface area contributed by atoms with E-state index in [1.54, 1.807) is 29.7 Å². The van der Waals surface area contributed by atoms with Gasteiger partial charge < -0.3 is 5.32 Å². The van der Waals surface area contributed by atoms with Crippen molar-refractivity contribution in [2.24, 2.45) is 0 Å². The van der Waals surface area contributed by atoms with Crippen LogP contribution in [-0.4, -0.2) is 16.5 Å². The van der Waals surface area contributed by atoms with Crippen molar-refractivity contribution in [3.05, 3.63) is 78.2 Å². The average Bonchev–Trinajstić information content (AvgIpc) is 3.22. The van der Waals surface area contributed by atoms with E-state index in [-0.39, 0.29) is 5.92 Å². The van der Waals surface area contributed by atoms with Gasteiger partial charge in [0.1, 0.15) is 0 Å². The first kappa shape index (κ1) is 20.3. The van der Waals surface area contributed by atoms with Crippen molar-refractivity contribution in [1.29, 1.82) is 0 Å². The van der Waals surface area contributed by atoms with Crippen molar-refractivity contribution in [3.8, 4) is 10.4 Å². The van der Waals surface area contributed by atoms with E-state index in [4.69, 9.17) is 0 Å². The maximum atomic E-state index is 12.7. The Bertz CT molecular complexity index is 1140. The lowest BCUT2D eigenvalue weighted by molar-refractivity contribution is -0.137. The van der Waals surface area contributed by atoms with E-state index in [9.17, 15) is 13.2 Å². The Hall–Kier alpha value is -2.93. The number of aromatic nitrogens is 2. The van der Waals surface area contributed by atoms with Crippen molar-refractivity contribution in [1.82, 2.24) is 9.97 Å². The zero-order chi connectivity index (χ0) is 21.1. The predicted octanol–water partition coefficient (Wildman–Crippen LogP) is 6.98. The molecule has 154 valence electrons. The Kier molecular flexibility index (Phi) is 5.72. The van der Waals surface area contributed by atoms with Gasteiger partial charge in [0.15, 0.2) is 5.13 Å². The molecule has 7 heteroatoms. The molecular weight excluding hydrogens is 407 g/mol. The zero-order valence-electron chi connectivity index (χ0n) is 16.3. The predicted molar refractivity (Wildman–Crippen MR) is 116 cm³/mol. The number of fused-ring (bicyclic) bond motifs is 1. The van der Waals surface area contributed by atoms with Crippen LogP contribution in [0.2, 0.25) is 0 Å². The first-order valence-electron chi connectivity index (χ1n) is 9.61. The van der Waals surface area contributed by atoms with Crippen LogP contribution in [0.3, 0.4) is 0 Å². The molecule has 3 nitrogen and oxygen atoms in total. The summed E-state index contributed by atoms with van der Waals surface area (Å²) in [6.45, 7) is 2.71. The fourth-order valence-corrected chi connectivity index (χ4v) is 4.13. The highest BCUT2D eigenvalue weighted by Crippen LogP contribution is 2.32. The van der Waals surface area contributed by atoms with E-state index in [0.717, 1.165) is 50.5 Å². The molecular formula is C23H20F3N3S. The average molecular weight is 427 g/mol. The fourth-order valence-electron chi connectivity index (χ4n) is 3.29. The molecule has 0 fully saturated rings. The lowest BCUT2D eigenvalue weighted by Crippen LogP contribution is -2.07. The molecule has 0 spiro atoms. The Labute approximate surface area is 176 Å². The third-order valence-corrected chi connectivity index (χ3v) is 6.10. The highest BCUT2D eigenvalue weighted by molar-refractivity contribution is 7.18. The maximum absolute atomic E-state index is 12.7. The summed E-state index contributed by atoms with van der Waals surface area (Å²) in [6, 6.07) is 13.6. The van der Waals surface area contributed by atoms with Gasteiger partial charge in [-0.25, -0.2) is 4.98 Å². The number of halogens is 3. The molecule has 0 amide bonds. The second-order valence-corrected chi connectivity index (χ2v) is 8.23. The van der Waals surface area contributed by atoms with Gasteiger partial charge in [-0.2, -0.15) is 13.2 Å². The van der Waals surface area contributed by atoms with E-state index < -0.39 is 11.7 Å². The minimum absolute atomic E-state index is 0.147. The van der Waals surface area contributed by atoms with Crippen LogP contribution in [0.25, 0.3) is 21.2 Å². The van der Waals surface area contributed by atoms with Gasteiger partial charge in [0.05, 0.1) is 10.4 Å². The van der Waals surface area contributed by atoms with Gasteiger partial charge in [-0.05, 0) is 53.1 Å². The molecule has 2 aromatic carbocycles. The minimum Gasteiger partial charge on any atom is -0.361 e. The SMILES string of the molecule is CC(CCNc1ncc(-c2ccc3cnccc3c2)s1)c1ccc(C(F)(F)F)cc1. The van der Waals surface area contributed by atoms with Crippen LogP contribution in [0.1, 0.15) is 30.4 Å². The summed E-state index contributed by atoms with van der Waals surface area (Å²) in [5.74, 6) is 0.147. The molecule has 0 bridgehead atoms. The molecule has 1 unspecified atom stereocenters. The van der Waals surface area contributed by atoms with Crippen molar-refractivity contribution in [2.45, 2.75) is 25.4 Å². The second-order valence-electron chi connectivity index (χ2n) is 7.20. The summed E-state index contributed by atoms with van der Waals surface area (Å²) in [5.41, 5.74) is 1.39. The second kappa shape index (κ2) is 8.44. The number of alkyl halides is 3. The third-order valence-electron chi connectivity index (χ3n) is 5.09. The van der Waals surface area contributed by atoms with Crippen molar-refractivity contribution >= 4 is 27.2 Å². The summed E-state index contributed by atoms with van der Waals surface area (Å²) in [7, 11) is 0. The van der Waals surface area contributed by atoms with Gasteiger partial charge in [-0.1, -0.05) is 42.5 Å². The molecule has 4 aromatic rings. The molecule has 30 heavy (non-hydrogen) atoms. The molecule has 0 aliphatic carbocycles. The Morgan fingerprint density at radius 1 is 1.00 bits per heavy atom. The monoisotopic (exact) mass is 427 g/mol. The number of benzene rings is 2. The van der Waals surface area contributed by atoms with Crippen LogP contribution < -0.4 is 5.32 Å². The summed E-state index contributed by atoms with van der Waals surface area (Å²) in [5, 5.41) is 6.39. The van der Waals surface area contributed by atoms with E-state index in [0.29, 0.717) is 6.54 Å². The molecule has 0 aliphatic heterocycles. The highest BCUT2D eigenvalue weighted by Gasteiger charge is 2.30. The Morgan fingerprint density at radius 2 is 1.80 bits per heavy atom. The highest BCUT2D eigenvalue weighted by atomic mass is 32.1. The number of pyridine rings is 1. The standard InChI is InChI=1S/C23H20F3N3S/c1-15(16-4-6-20(7-5-16)23(24,25)26)8-11-28-22-29-14-21(30-22)18-2-3-19-13-27-10-9-17(19)12-18/h2-7,9-10,12-15H,8,11H2,1H3,(H,28,29). The summed E-state index contributed by atoms with van der Waals surface area (Å²) < 4.78 is 38.1. The molecule has 1 N–H and O–H groups in total. The largest absolute Gasteiger partial charge is 0.416 e. The summed E-state index contributed by atoms with van der Waals surface area (Å²) in [4.78, 5) is 9.66. The molecule has 0 radical (unpaired) electrons. The molecule has 0 saturated carbocycles. The Morgan fingerprint density at radius 3 is 2.57 bits per heavy atom. The normalized spacial score (nSPS) is 12.8. The minimum atomic E-state index is -4.30. The van der Waals surface area contributed by atoms with Crippen molar-refractivity contribution in [2.75, 3.05) is 11.9 Å². The number of hydrogen-bond donors (Lipinski definition) is 1. The van der Waals surface area contributed by atoms with Crippen LogP contribution in [0.5, 0.6) is 0 Å². The summed E-state index contributed by atoms with van der Waals surface area (Å²) >= 11 is 1.58. The van der Waals surface area contributed by atoms with E-state index in [1.807, 2.05) is 25.4 Å². The number of hydrogen-bond acceptors (Lipinski definition) is 4. The molecule has 4 rings (SSSR count). The van der Waals surface area contributed by atoms with Gasteiger partial charge in [0.25, 0.3) is 0 Å².